The minimum atomic E-state index is -4.71. The number of nitrogen functional groups attached to an aromatic ring is 3. The highest BCUT2D eigenvalue weighted by molar-refractivity contribution is 8.56. The van der Waals surface area contributed by atoms with Crippen molar-refractivity contribution in [3.05, 3.63) is 27.0 Å². The number of H-pyrrole nitrogens is 2. The number of nitrogens with zero attached hydrogens (tertiary/aromatic N) is 5. The molecule has 3 aliphatic heterocycles. The third kappa shape index (κ3) is 6.79. The molecule has 2 bridgehead atoms. The predicted molar refractivity (Wildman–Crippen MR) is 179 cm³/mol. The van der Waals surface area contributed by atoms with Gasteiger partial charge in [0.15, 0.2) is 29.4 Å². The van der Waals surface area contributed by atoms with Crippen molar-refractivity contribution in [2.24, 2.45) is 5.92 Å². The molecule has 10 N–H and O–H groups in total. The van der Waals surface area contributed by atoms with Gasteiger partial charge < -0.3 is 46.3 Å². The minimum Gasteiger partial charge on any atom is -0.391 e. The van der Waals surface area contributed by atoms with Gasteiger partial charge in [0.25, 0.3) is 17.7 Å². The number of hydrogen-bond donors (Lipinski definition) is 7. The monoisotopic (exact) mass is 782 g/mol. The number of nitrogens with two attached hydrogens (primary N) is 3. The number of halogens is 1. The number of fused-ring (bicyclic) bond motifs is 4. The lowest BCUT2D eigenvalue weighted by Gasteiger charge is -2.32. The SMILES string of the molecule is CCCN(c1nc(N)[nH]c(=O)c1N)C1OC2COP(=O)(SC)C(O)C3C(O)C(COP(=O)(OC)OC2C1F)OC3n1cnc2c(=O)[nH]c(N)nc21. The Kier molecular flexibility index (Phi) is 10.6. The molecule has 6 heterocycles. The Morgan fingerprint density at radius 1 is 1.10 bits per heavy atom. The van der Waals surface area contributed by atoms with Crippen LogP contribution in [-0.4, -0.2) is 115 Å². The van der Waals surface area contributed by atoms with E-state index in [0.717, 1.165) is 13.4 Å². The summed E-state index contributed by atoms with van der Waals surface area (Å²) in [5.41, 5.74) is 15.4. The van der Waals surface area contributed by atoms with Crippen molar-refractivity contribution in [2.75, 3.05) is 55.2 Å². The molecule has 11 atom stereocenters. The van der Waals surface area contributed by atoms with E-state index in [0.29, 0.717) is 17.8 Å². The van der Waals surface area contributed by atoms with Crippen LogP contribution in [0.4, 0.5) is 27.8 Å². The molecule has 22 nitrogen and oxygen atoms in total. The quantitative estimate of drug-likeness (QED) is 0.153. The second-order valence-corrected chi connectivity index (χ2v) is 18.3. The maximum atomic E-state index is 16.6. The van der Waals surface area contributed by atoms with Crippen LogP contribution >= 0.6 is 25.8 Å². The lowest BCUT2D eigenvalue weighted by Crippen LogP contribution is -2.44. The second-order valence-electron chi connectivity index (χ2n) is 11.7. The smallest absolute Gasteiger partial charge is 0.391 e. The summed E-state index contributed by atoms with van der Waals surface area (Å²) in [4.78, 5) is 42.9. The molecule has 0 amide bonds. The molecule has 6 rings (SSSR count). The standard InChI is InChI=1S/C25H37FN10O12P2S/c1-4-5-35(17-13(27)19(38)33-24(28)31-17)22-12(26)16-10(47-22)7-44-49(41,51-3)23(40)11-15(37)9(6-45-50(42,43-2)48-16)46-21(11)36-8-30-14-18(36)32-25(29)34-20(14)39/h8-12,15-16,21-23,37,40H,4-7,27H2,1-3H3,(H3,28,31,33,38)(H3,29,32,34,39). The molecule has 3 aromatic heterocycles. The molecule has 0 saturated carbocycles. The first-order valence-electron chi connectivity index (χ1n) is 15.4. The fraction of sp³-hybridized carbons (Fsp3) is 0.640. The molecule has 26 heteroatoms. The normalized spacial score (nSPS) is 35.9. The maximum Gasteiger partial charge on any atom is 0.475 e. The summed E-state index contributed by atoms with van der Waals surface area (Å²) >= 11 is 0.627. The van der Waals surface area contributed by atoms with Gasteiger partial charge in [-0.05, 0) is 12.7 Å². The van der Waals surface area contributed by atoms with Crippen LogP contribution in [0.5, 0.6) is 0 Å². The number of phosphoric acid groups is 1. The Balaban J connectivity index is 1.39. The van der Waals surface area contributed by atoms with Crippen LogP contribution in [0.25, 0.3) is 11.2 Å². The van der Waals surface area contributed by atoms with Crippen LogP contribution in [0.1, 0.15) is 19.6 Å². The number of ether oxygens (including phenoxy) is 2. The highest BCUT2D eigenvalue weighted by Crippen LogP contribution is 2.66. The van der Waals surface area contributed by atoms with Crippen LogP contribution in [0.2, 0.25) is 0 Å². The first-order chi connectivity index (χ1) is 24.1. The van der Waals surface area contributed by atoms with Gasteiger partial charge in [-0.1, -0.05) is 18.3 Å². The van der Waals surface area contributed by atoms with Gasteiger partial charge >= 0.3 is 7.82 Å². The van der Waals surface area contributed by atoms with Gasteiger partial charge in [-0.25, -0.2) is 13.9 Å². The Morgan fingerprint density at radius 3 is 2.47 bits per heavy atom. The number of aliphatic hydroxyl groups is 2. The summed E-state index contributed by atoms with van der Waals surface area (Å²) in [6, 6.07) is 0. The summed E-state index contributed by atoms with van der Waals surface area (Å²) in [5, 5.41) is 23.2. The zero-order valence-electron chi connectivity index (χ0n) is 27.2. The van der Waals surface area contributed by atoms with E-state index in [-0.39, 0.29) is 41.1 Å². The zero-order valence-corrected chi connectivity index (χ0v) is 29.8. The Bertz CT molecular complexity index is 1990. The number of aliphatic hydroxyl groups excluding tert-OH is 2. The Morgan fingerprint density at radius 2 is 1.78 bits per heavy atom. The summed E-state index contributed by atoms with van der Waals surface area (Å²) < 4.78 is 80.2. The molecule has 3 aromatic rings. The van der Waals surface area contributed by atoms with E-state index in [2.05, 4.69) is 24.9 Å². The lowest BCUT2D eigenvalue weighted by molar-refractivity contribution is -0.0569. The molecule has 3 aliphatic rings. The van der Waals surface area contributed by atoms with Gasteiger partial charge in [0.2, 0.25) is 11.9 Å². The van der Waals surface area contributed by atoms with Gasteiger partial charge in [0, 0.05) is 13.7 Å². The van der Waals surface area contributed by atoms with E-state index < -0.39 is 93.5 Å². The summed E-state index contributed by atoms with van der Waals surface area (Å²) in [5.74, 6) is -4.23. The van der Waals surface area contributed by atoms with Gasteiger partial charge in [-0.15, -0.1) is 0 Å². The van der Waals surface area contributed by atoms with Crippen molar-refractivity contribution < 1.29 is 51.3 Å². The topological polar surface area (TPSA) is 321 Å². The first kappa shape index (κ1) is 37.6. The Labute approximate surface area is 291 Å². The van der Waals surface area contributed by atoms with Crippen molar-refractivity contribution in [3.8, 4) is 0 Å². The molecule has 0 aliphatic carbocycles. The van der Waals surface area contributed by atoms with Crippen LogP contribution in [0.15, 0.2) is 15.9 Å². The fourth-order valence-electron chi connectivity index (χ4n) is 6.18. The fourth-order valence-corrected chi connectivity index (χ4v) is 10.5. The Hall–Kier alpha value is -3.15. The first-order valence-corrected chi connectivity index (χ1v) is 20.4. The third-order valence-electron chi connectivity index (χ3n) is 8.62. The molecule has 0 spiro atoms. The van der Waals surface area contributed by atoms with Crippen molar-refractivity contribution in [3.63, 3.8) is 0 Å². The van der Waals surface area contributed by atoms with Crippen molar-refractivity contribution in [2.45, 2.75) is 62.2 Å². The minimum absolute atomic E-state index is 0.0429. The molecule has 51 heavy (non-hydrogen) atoms. The molecule has 11 unspecified atom stereocenters. The van der Waals surface area contributed by atoms with Crippen LogP contribution < -0.4 is 33.2 Å². The molecule has 3 saturated heterocycles. The molecule has 282 valence electrons. The number of alkyl halides is 1. The maximum absolute atomic E-state index is 16.6. The number of phosphoric ester groups is 1. The molecule has 0 radical (unpaired) electrons. The number of aromatic nitrogens is 6. The highest BCUT2D eigenvalue weighted by Gasteiger charge is 2.57. The number of nitrogens with one attached hydrogen (secondary N) is 2. The molecular formula is C25H37FN10O12P2S. The van der Waals surface area contributed by atoms with Crippen LogP contribution in [0, 0.1) is 5.92 Å². The zero-order chi connectivity index (χ0) is 37.0. The molecule has 3 fully saturated rings. The molecule has 0 aromatic carbocycles. The average Bonchev–Trinajstić information content (AvgIpc) is 3.75. The van der Waals surface area contributed by atoms with Gasteiger partial charge in [-0.2, -0.15) is 9.97 Å². The largest absolute Gasteiger partial charge is 0.475 e. The van der Waals surface area contributed by atoms with E-state index in [1.54, 1.807) is 6.92 Å². The summed E-state index contributed by atoms with van der Waals surface area (Å²) in [7, 11) is -3.73. The van der Waals surface area contributed by atoms with Crippen LogP contribution in [-0.2, 0) is 36.7 Å². The number of anilines is 4. The van der Waals surface area contributed by atoms with Crippen molar-refractivity contribution in [1.29, 1.82) is 0 Å². The van der Waals surface area contributed by atoms with E-state index in [9.17, 15) is 28.9 Å². The second kappa shape index (κ2) is 14.3. The van der Waals surface area contributed by atoms with Crippen molar-refractivity contribution >= 4 is 60.3 Å². The predicted octanol–water partition coefficient (Wildman–Crippen LogP) is -0.135. The number of hydrogen-bond acceptors (Lipinski definition) is 20. The third-order valence-corrected chi connectivity index (χ3v) is 14.5. The number of aromatic amines is 2. The van der Waals surface area contributed by atoms with Crippen molar-refractivity contribution in [1.82, 2.24) is 29.5 Å². The number of imidazole rings is 1. The lowest BCUT2D eigenvalue weighted by atomic mass is 10.0. The summed E-state index contributed by atoms with van der Waals surface area (Å²) in [6.07, 6.45) is -8.62. The number of rotatable bonds is 7. The van der Waals surface area contributed by atoms with Gasteiger partial charge in [-0.3, -0.25) is 42.3 Å². The average molecular weight is 783 g/mol. The van der Waals surface area contributed by atoms with Gasteiger partial charge in [0.1, 0.15) is 36.1 Å². The van der Waals surface area contributed by atoms with Crippen LogP contribution in [0.3, 0.4) is 0 Å². The molecular weight excluding hydrogens is 745 g/mol. The van der Waals surface area contributed by atoms with E-state index in [1.165, 1.54) is 15.7 Å². The van der Waals surface area contributed by atoms with Gasteiger partial charge in [0.05, 0.1) is 31.6 Å². The van der Waals surface area contributed by atoms with E-state index in [4.69, 9.17) is 44.8 Å². The summed E-state index contributed by atoms with van der Waals surface area (Å²) in [6.45, 7) is -3.96. The highest BCUT2D eigenvalue weighted by atomic mass is 32.7. The van der Waals surface area contributed by atoms with E-state index in [1.807, 2.05) is 0 Å². The van der Waals surface area contributed by atoms with E-state index >= 15 is 4.39 Å².